The van der Waals surface area contributed by atoms with E-state index in [1.165, 1.54) is 71.6 Å². The molecule has 11 aromatic rings. The van der Waals surface area contributed by atoms with Gasteiger partial charge in [-0.25, -0.2) is 0 Å². The van der Waals surface area contributed by atoms with Crippen molar-refractivity contribution in [2.24, 2.45) is 0 Å². The van der Waals surface area contributed by atoms with Crippen LogP contribution in [-0.4, -0.2) is 4.57 Å². The summed E-state index contributed by atoms with van der Waals surface area (Å²) in [6.07, 6.45) is 0. The van der Waals surface area contributed by atoms with Crippen LogP contribution in [0.15, 0.2) is 243 Å². The van der Waals surface area contributed by atoms with Gasteiger partial charge >= 0.3 is 0 Å². The fourth-order valence-electron chi connectivity index (χ4n) is 8.87. The second-order valence-corrected chi connectivity index (χ2v) is 15.3. The predicted molar refractivity (Wildman–Crippen MR) is 255 cm³/mol. The molecule has 10 aromatic carbocycles. The summed E-state index contributed by atoms with van der Waals surface area (Å²) >= 11 is 0. The molecule has 2 heteroatoms. The lowest BCUT2D eigenvalue weighted by atomic mass is 9.94. The predicted octanol–water partition coefficient (Wildman–Crippen LogP) is 16.1. The summed E-state index contributed by atoms with van der Waals surface area (Å²) < 4.78 is 2.48. The number of benzene rings is 10. The third-order valence-corrected chi connectivity index (χ3v) is 11.8. The van der Waals surface area contributed by atoms with E-state index in [0.717, 1.165) is 28.3 Å². The summed E-state index contributed by atoms with van der Waals surface area (Å²) in [7, 11) is 0. The molecular weight excluding hydrogens is 725 g/mol. The lowest BCUT2D eigenvalue weighted by Crippen LogP contribution is -2.10. The molecular formula is C58H40N2. The molecule has 0 radical (unpaired) electrons. The molecule has 0 aliphatic carbocycles. The van der Waals surface area contributed by atoms with E-state index in [2.05, 4.69) is 252 Å². The molecule has 0 N–H and O–H groups in total. The van der Waals surface area contributed by atoms with Crippen LogP contribution >= 0.6 is 0 Å². The number of rotatable bonds is 8. The highest BCUT2D eigenvalue weighted by atomic mass is 15.1. The fraction of sp³-hybridized carbons (Fsp3) is 0. The van der Waals surface area contributed by atoms with E-state index in [0.29, 0.717) is 0 Å². The van der Waals surface area contributed by atoms with E-state index < -0.39 is 0 Å². The number of fused-ring (bicyclic) bond motifs is 5. The average molecular weight is 765 g/mol. The fourth-order valence-corrected chi connectivity index (χ4v) is 8.87. The number of aromatic nitrogens is 1. The number of hydrogen-bond acceptors (Lipinski definition) is 1. The van der Waals surface area contributed by atoms with Crippen LogP contribution in [0.2, 0.25) is 0 Å². The van der Waals surface area contributed by atoms with Crippen LogP contribution in [0.25, 0.3) is 82.8 Å². The van der Waals surface area contributed by atoms with Gasteiger partial charge in [0.25, 0.3) is 0 Å². The molecule has 282 valence electrons. The Hall–Kier alpha value is -7.94. The molecule has 1 aromatic heterocycles. The lowest BCUT2D eigenvalue weighted by Gasteiger charge is -2.26. The Morgan fingerprint density at radius 1 is 0.300 bits per heavy atom. The molecule has 0 aliphatic heterocycles. The van der Waals surface area contributed by atoms with Crippen LogP contribution in [0.4, 0.5) is 17.1 Å². The minimum atomic E-state index is 1.08. The zero-order chi connectivity index (χ0) is 39.8. The van der Waals surface area contributed by atoms with Crippen LogP contribution in [0.3, 0.4) is 0 Å². The highest BCUT2D eigenvalue weighted by Crippen LogP contribution is 2.45. The molecule has 0 saturated heterocycles. The van der Waals surface area contributed by atoms with Gasteiger partial charge in [0.2, 0.25) is 0 Å². The Morgan fingerprint density at radius 3 is 1.25 bits per heavy atom. The quantitative estimate of drug-likeness (QED) is 0.150. The van der Waals surface area contributed by atoms with Crippen molar-refractivity contribution in [3.05, 3.63) is 243 Å². The number of para-hydroxylation sites is 1. The largest absolute Gasteiger partial charge is 0.310 e. The van der Waals surface area contributed by atoms with E-state index in [1.54, 1.807) is 0 Å². The molecule has 0 atom stereocenters. The minimum Gasteiger partial charge on any atom is -0.310 e. The molecule has 0 spiro atoms. The normalized spacial score (nSPS) is 11.3. The Morgan fingerprint density at radius 2 is 0.717 bits per heavy atom. The maximum Gasteiger partial charge on any atom is 0.0625 e. The van der Waals surface area contributed by atoms with Crippen LogP contribution in [0, 0.1) is 0 Å². The van der Waals surface area contributed by atoms with Crippen LogP contribution in [0.5, 0.6) is 0 Å². The average Bonchev–Trinajstić information content (AvgIpc) is 3.68. The third-order valence-electron chi connectivity index (χ3n) is 11.8. The van der Waals surface area contributed by atoms with Crippen molar-refractivity contribution < 1.29 is 0 Å². The molecule has 0 amide bonds. The van der Waals surface area contributed by atoms with Gasteiger partial charge in [0.15, 0.2) is 0 Å². The summed E-state index contributed by atoms with van der Waals surface area (Å²) in [5.41, 5.74) is 16.4. The van der Waals surface area contributed by atoms with E-state index in [1.807, 2.05) is 0 Å². The van der Waals surface area contributed by atoms with Gasteiger partial charge in [0, 0.05) is 38.9 Å². The standard InChI is InChI=1S/C58H40N2/c1-5-15-41(16-6-1)44-25-27-47(28-26-44)55-39-48-21-13-14-24-53(48)58-57(55)54-38-37-52(40-56(54)60(58)49-22-11-4-12-23-49)59(50-33-29-45(30-34-50)42-17-7-2-8-18-42)51-35-31-46(32-36-51)43-19-9-3-10-20-43/h1-40H. The molecule has 0 saturated carbocycles. The summed E-state index contributed by atoms with van der Waals surface area (Å²) in [5.74, 6) is 0. The first-order valence-corrected chi connectivity index (χ1v) is 20.6. The molecule has 0 fully saturated rings. The first-order valence-electron chi connectivity index (χ1n) is 20.6. The highest BCUT2D eigenvalue weighted by molar-refractivity contribution is 6.24. The van der Waals surface area contributed by atoms with Crippen molar-refractivity contribution in [1.29, 1.82) is 0 Å². The molecule has 60 heavy (non-hydrogen) atoms. The summed E-state index contributed by atoms with van der Waals surface area (Å²) in [5, 5.41) is 4.90. The van der Waals surface area contributed by atoms with Gasteiger partial charge in [-0.05, 0) is 104 Å². The summed E-state index contributed by atoms with van der Waals surface area (Å²) in [6.45, 7) is 0. The number of hydrogen-bond donors (Lipinski definition) is 0. The van der Waals surface area contributed by atoms with Gasteiger partial charge in [-0.15, -0.1) is 0 Å². The van der Waals surface area contributed by atoms with Crippen molar-refractivity contribution >= 4 is 49.6 Å². The van der Waals surface area contributed by atoms with Crippen molar-refractivity contribution in [2.75, 3.05) is 4.90 Å². The van der Waals surface area contributed by atoms with Gasteiger partial charge in [-0.3, -0.25) is 0 Å². The smallest absolute Gasteiger partial charge is 0.0625 e. The Bertz CT molecular complexity index is 3160. The first kappa shape index (κ1) is 35.2. The first-order chi connectivity index (χ1) is 29.8. The highest BCUT2D eigenvalue weighted by Gasteiger charge is 2.22. The van der Waals surface area contributed by atoms with Crippen molar-refractivity contribution in [1.82, 2.24) is 4.57 Å². The summed E-state index contributed by atoms with van der Waals surface area (Å²) in [4.78, 5) is 2.39. The second-order valence-electron chi connectivity index (χ2n) is 15.3. The van der Waals surface area contributed by atoms with Gasteiger partial charge in [-0.1, -0.05) is 188 Å². The van der Waals surface area contributed by atoms with Crippen molar-refractivity contribution in [3.8, 4) is 50.2 Å². The van der Waals surface area contributed by atoms with Crippen LogP contribution < -0.4 is 4.90 Å². The van der Waals surface area contributed by atoms with Gasteiger partial charge in [0.05, 0.1) is 11.0 Å². The van der Waals surface area contributed by atoms with Gasteiger partial charge in [-0.2, -0.15) is 0 Å². The molecule has 0 unspecified atom stereocenters. The van der Waals surface area contributed by atoms with Crippen molar-refractivity contribution in [2.45, 2.75) is 0 Å². The SMILES string of the molecule is c1ccc(-c2ccc(-c3cc4ccccc4c4c3c3ccc(N(c5ccc(-c6ccccc6)cc5)c5ccc(-c6ccccc6)cc5)cc3n4-c3ccccc3)cc2)cc1. The molecule has 0 bridgehead atoms. The zero-order valence-electron chi connectivity index (χ0n) is 33.0. The number of anilines is 3. The maximum atomic E-state index is 2.48. The monoisotopic (exact) mass is 764 g/mol. The zero-order valence-corrected chi connectivity index (χ0v) is 33.0. The Kier molecular flexibility index (Phi) is 8.87. The topological polar surface area (TPSA) is 8.17 Å². The van der Waals surface area contributed by atoms with E-state index in [9.17, 15) is 0 Å². The number of nitrogens with zero attached hydrogens (tertiary/aromatic N) is 2. The van der Waals surface area contributed by atoms with Crippen LogP contribution in [0.1, 0.15) is 0 Å². The van der Waals surface area contributed by atoms with Gasteiger partial charge in [0.1, 0.15) is 0 Å². The molecule has 0 aliphatic rings. The summed E-state index contributed by atoms with van der Waals surface area (Å²) in [6, 6.07) is 87.9. The van der Waals surface area contributed by atoms with E-state index in [-0.39, 0.29) is 0 Å². The molecule has 11 rings (SSSR count). The Balaban J connectivity index is 1.14. The molecule has 2 nitrogen and oxygen atoms in total. The lowest BCUT2D eigenvalue weighted by molar-refractivity contribution is 1.18. The minimum absolute atomic E-state index is 1.08. The van der Waals surface area contributed by atoms with Crippen LogP contribution in [-0.2, 0) is 0 Å². The third kappa shape index (κ3) is 6.32. The van der Waals surface area contributed by atoms with Crippen molar-refractivity contribution in [3.63, 3.8) is 0 Å². The second kappa shape index (κ2) is 15.1. The van der Waals surface area contributed by atoms with E-state index in [4.69, 9.17) is 0 Å². The molecule has 1 heterocycles. The Labute approximate surface area is 350 Å². The van der Waals surface area contributed by atoms with Gasteiger partial charge < -0.3 is 9.47 Å². The van der Waals surface area contributed by atoms with E-state index >= 15 is 0 Å². The maximum absolute atomic E-state index is 2.48.